The van der Waals surface area contributed by atoms with Crippen molar-refractivity contribution in [2.24, 2.45) is 0 Å². The van der Waals surface area contributed by atoms with Crippen LogP contribution in [0.5, 0.6) is 5.75 Å². The summed E-state index contributed by atoms with van der Waals surface area (Å²) in [6.07, 6.45) is 0. The second kappa shape index (κ2) is 9.94. The second-order valence-corrected chi connectivity index (χ2v) is 6.39. The zero-order valence-electron chi connectivity index (χ0n) is 16.1. The molecule has 0 fully saturated rings. The highest BCUT2D eigenvalue weighted by molar-refractivity contribution is 6.04. The lowest BCUT2D eigenvalue weighted by molar-refractivity contribution is 0.102. The van der Waals surface area contributed by atoms with Crippen LogP contribution in [0.4, 0.5) is 16.2 Å². The van der Waals surface area contributed by atoms with Crippen molar-refractivity contribution < 1.29 is 14.3 Å². The topological polar surface area (TPSA) is 79.5 Å². The molecule has 3 aromatic carbocycles. The Labute approximate surface area is 169 Å². The van der Waals surface area contributed by atoms with Crippen LogP contribution in [0.25, 0.3) is 0 Å². The summed E-state index contributed by atoms with van der Waals surface area (Å²) in [6, 6.07) is 23.3. The first-order chi connectivity index (χ1) is 14.1. The molecule has 3 amide bonds. The molecule has 0 aliphatic heterocycles. The van der Waals surface area contributed by atoms with Gasteiger partial charge < -0.3 is 20.7 Å². The van der Waals surface area contributed by atoms with Gasteiger partial charge in [-0.3, -0.25) is 4.79 Å². The minimum Gasteiger partial charge on any atom is -0.491 e. The number of hydrogen-bond acceptors (Lipinski definition) is 3. The minimum atomic E-state index is -0.333. The van der Waals surface area contributed by atoms with Crippen molar-refractivity contribution in [2.45, 2.75) is 6.92 Å². The number of hydrogen-bond donors (Lipinski definition) is 3. The Hall–Kier alpha value is -3.80. The van der Waals surface area contributed by atoms with Gasteiger partial charge in [0.05, 0.1) is 6.54 Å². The normalized spacial score (nSPS) is 10.1. The van der Waals surface area contributed by atoms with Crippen LogP contribution in [0.2, 0.25) is 0 Å². The van der Waals surface area contributed by atoms with Crippen LogP contribution in [-0.2, 0) is 0 Å². The minimum absolute atomic E-state index is 0.208. The smallest absolute Gasteiger partial charge is 0.319 e. The molecule has 6 nitrogen and oxygen atoms in total. The van der Waals surface area contributed by atoms with Crippen LogP contribution in [0.1, 0.15) is 15.9 Å². The van der Waals surface area contributed by atoms with Gasteiger partial charge in [-0.1, -0.05) is 36.4 Å². The number of carbonyl (C=O) groups excluding carboxylic acids is 2. The number of aryl methyl sites for hydroxylation is 1. The van der Waals surface area contributed by atoms with Gasteiger partial charge in [0.1, 0.15) is 12.4 Å². The molecule has 0 aliphatic carbocycles. The van der Waals surface area contributed by atoms with E-state index in [1.807, 2.05) is 61.5 Å². The molecule has 0 aliphatic rings. The van der Waals surface area contributed by atoms with Crippen LogP contribution in [0.3, 0.4) is 0 Å². The Morgan fingerprint density at radius 3 is 2.17 bits per heavy atom. The number of amides is 3. The van der Waals surface area contributed by atoms with E-state index in [9.17, 15) is 9.59 Å². The number of anilines is 2. The number of benzene rings is 3. The summed E-state index contributed by atoms with van der Waals surface area (Å²) in [5.41, 5.74) is 2.88. The Bertz CT molecular complexity index is 957. The van der Waals surface area contributed by atoms with Crippen molar-refractivity contribution in [2.75, 3.05) is 23.8 Å². The molecule has 0 atom stereocenters. The molecule has 0 saturated heterocycles. The summed E-state index contributed by atoms with van der Waals surface area (Å²) in [5, 5.41) is 8.28. The van der Waals surface area contributed by atoms with Crippen LogP contribution in [-0.4, -0.2) is 25.1 Å². The summed E-state index contributed by atoms with van der Waals surface area (Å²) in [5.74, 6) is 0.597. The van der Waals surface area contributed by atoms with Crippen LogP contribution >= 0.6 is 0 Å². The quantitative estimate of drug-likeness (QED) is 0.523. The predicted molar refractivity (Wildman–Crippen MR) is 115 cm³/mol. The Kier molecular flexibility index (Phi) is 6.84. The van der Waals surface area contributed by atoms with Crippen molar-refractivity contribution in [1.82, 2.24) is 5.32 Å². The molecule has 0 bridgehead atoms. The largest absolute Gasteiger partial charge is 0.491 e. The van der Waals surface area contributed by atoms with Gasteiger partial charge in [-0.05, 0) is 55.0 Å². The van der Waals surface area contributed by atoms with Crippen molar-refractivity contribution in [3.05, 3.63) is 90.0 Å². The molecule has 0 unspecified atom stereocenters. The SMILES string of the molecule is Cc1ccccc1OCCNC(=O)Nc1ccc(C(=O)Nc2ccccc2)cc1. The van der Waals surface area contributed by atoms with Gasteiger partial charge in [-0.2, -0.15) is 0 Å². The number of rotatable bonds is 7. The lowest BCUT2D eigenvalue weighted by Gasteiger charge is -2.11. The van der Waals surface area contributed by atoms with E-state index in [2.05, 4.69) is 16.0 Å². The van der Waals surface area contributed by atoms with E-state index in [1.165, 1.54) is 0 Å². The van der Waals surface area contributed by atoms with Gasteiger partial charge in [0.2, 0.25) is 0 Å². The molecular formula is C23H23N3O3. The van der Waals surface area contributed by atoms with E-state index in [-0.39, 0.29) is 11.9 Å². The summed E-state index contributed by atoms with van der Waals surface area (Å²) in [7, 11) is 0. The lowest BCUT2D eigenvalue weighted by Crippen LogP contribution is -2.32. The van der Waals surface area contributed by atoms with Gasteiger partial charge in [0, 0.05) is 16.9 Å². The van der Waals surface area contributed by atoms with E-state index in [4.69, 9.17) is 4.74 Å². The van der Waals surface area contributed by atoms with Crippen molar-refractivity contribution in [3.63, 3.8) is 0 Å². The Morgan fingerprint density at radius 1 is 0.793 bits per heavy atom. The highest BCUT2D eigenvalue weighted by Gasteiger charge is 2.07. The van der Waals surface area contributed by atoms with E-state index in [1.54, 1.807) is 24.3 Å². The van der Waals surface area contributed by atoms with Crippen LogP contribution in [0.15, 0.2) is 78.9 Å². The third-order valence-electron chi connectivity index (χ3n) is 4.18. The van der Waals surface area contributed by atoms with Crippen LogP contribution in [0, 0.1) is 6.92 Å². The third-order valence-corrected chi connectivity index (χ3v) is 4.18. The molecule has 3 rings (SSSR count). The summed E-state index contributed by atoms with van der Waals surface area (Å²) < 4.78 is 5.64. The molecule has 0 spiro atoms. The first-order valence-electron chi connectivity index (χ1n) is 9.31. The number of urea groups is 1. The summed E-state index contributed by atoms with van der Waals surface area (Å²) >= 11 is 0. The highest BCUT2D eigenvalue weighted by atomic mass is 16.5. The molecular weight excluding hydrogens is 366 g/mol. The van der Waals surface area contributed by atoms with E-state index < -0.39 is 0 Å². The van der Waals surface area contributed by atoms with Crippen molar-refractivity contribution in [3.8, 4) is 5.75 Å². The fraction of sp³-hybridized carbons (Fsp3) is 0.130. The number of para-hydroxylation sites is 2. The molecule has 148 valence electrons. The molecule has 29 heavy (non-hydrogen) atoms. The maximum atomic E-state index is 12.2. The van der Waals surface area contributed by atoms with Crippen molar-refractivity contribution >= 4 is 23.3 Å². The molecule has 3 aromatic rings. The van der Waals surface area contributed by atoms with E-state index in [0.717, 1.165) is 17.0 Å². The zero-order chi connectivity index (χ0) is 20.5. The first kappa shape index (κ1) is 19.9. The standard InChI is InChI=1S/C23H23N3O3/c1-17-7-5-6-10-21(17)29-16-15-24-23(28)26-20-13-11-18(12-14-20)22(27)25-19-8-3-2-4-9-19/h2-14H,15-16H2,1H3,(H,25,27)(H2,24,26,28). The summed E-state index contributed by atoms with van der Waals surface area (Å²) in [6.45, 7) is 2.72. The molecule has 0 aromatic heterocycles. The van der Waals surface area contributed by atoms with Gasteiger partial charge >= 0.3 is 6.03 Å². The van der Waals surface area contributed by atoms with E-state index in [0.29, 0.717) is 24.4 Å². The molecule has 0 saturated carbocycles. The Morgan fingerprint density at radius 2 is 1.45 bits per heavy atom. The predicted octanol–water partition coefficient (Wildman–Crippen LogP) is 4.45. The van der Waals surface area contributed by atoms with Crippen molar-refractivity contribution in [1.29, 1.82) is 0 Å². The van der Waals surface area contributed by atoms with Gasteiger partial charge in [0.15, 0.2) is 0 Å². The fourth-order valence-corrected chi connectivity index (χ4v) is 2.65. The fourth-order valence-electron chi connectivity index (χ4n) is 2.65. The lowest BCUT2D eigenvalue weighted by atomic mass is 10.2. The van der Waals surface area contributed by atoms with Gasteiger partial charge in [-0.25, -0.2) is 4.79 Å². The molecule has 6 heteroatoms. The molecule has 0 heterocycles. The molecule has 3 N–H and O–H groups in total. The number of ether oxygens (including phenoxy) is 1. The third kappa shape index (κ3) is 6.10. The second-order valence-electron chi connectivity index (χ2n) is 6.39. The van der Waals surface area contributed by atoms with E-state index >= 15 is 0 Å². The maximum absolute atomic E-state index is 12.2. The highest BCUT2D eigenvalue weighted by Crippen LogP contribution is 2.15. The van der Waals surface area contributed by atoms with Gasteiger partial charge in [-0.15, -0.1) is 0 Å². The monoisotopic (exact) mass is 389 g/mol. The summed E-state index contributed by atoms with van der Waals surface area (Å²) in [4.78, 5) is 24.2. The first-order valence-corrected chi connectivity index (χ1v) is 9.31. The Balaban J connectivity index is 1.42. The average molecular weight is 389 g/mol. The molecule has 0 radical (unpaired) electrons. The number of carbonyl (C=O) groups is 2. The van der Waals surface area contributed by atoms with Gasteiger partial charge in [0.25, 0.3) is 5.91 Å². The zero-order valence-corrected chi connectivity index (χ0v) is 16.1. The van der Waals surface area contributed by atoms with Crippen LogP contribution < -0.4 is 20.7 Å². The maximum Gasteiger partial charge on any atom is 0.319 e. The number of nitrogens with one attached hydrogen (secondary N) is 3. The average Bonchev–Trinajstić information content (AvgIpc) is 2.73.